The van der Waals surface area contributed by atoms with Crippen LogP contribution < -0.4 is 9.47 Å². The van der Waals surface area contributed by atoms with Crippen molar-refractivity contribution in [1.29, 1.82) is 0 Å². The van der Waals surface area contributed by atoms with Crippen LogP contribution in [0.1, 0.15) is 53.9 Å². The third kappa shape index (κ3) is 7.29. The number of carbonyl (C=O) groups is 1. The molecular weight excluding hydrogens is 560 g/mol. The first-order valence-corrected chi connectivity index (χ1v) is 17.5. The molecule has 0 spiro atoms. The molecule has 4 rings (SSSR count). The SMILES string of the molecule is COc1cc(C(O[Si](C)(C)C(C)(C)C)C(Cn2ncc3cccc(C(=O)O)c32)OCCc2ccccc2)cc(OC)c1C. The molecule has 1 N–H and O–H groups in total. The van der Waals surface area contributed by atoms with Crippen LogP contribution in [0.15, 0.2) is 66.9 Å². The highest BCUT2D eigenvalue weighted by atomic mass is 28.4. The molecule has 0 aliphatic carbocycles. The van der Waals surface area contributed by atoms with E-state index >= 15 is 0 Å². The highest BCUT2D eigenvalue weighted by molar-refractivity contribution is 6.74. The van der Waals surface area contributed by atoms with Gasteiger partial charge in [-0.25, -0.2) is 4.79 Å². The number of hydrogen-bond acceptors (Lipinski definition) is 6. The zero-order valence-electron chi connectivity index (χ0n) is 26.5. The Kier molecular flexibility index (Phi) is 9.99. The highest BCUT2D eigenvalue weighted by Gasteiger charge is 2.42. The summed E-state index contributed by atoms with van der Waals surface area (Å²) < 4.78 is 27.1. The minimum absolute atomic E-state index is 0.0758. The van der Waals surface area contributed by atoms with E-state index in [-0.39, 0.29) is 17.1 Å². The largest absolute Gasteiger partial charge is 0.496 e. The lowest BCUT2D eigenvalue weighted by Crippen LogP contribution is -2.45. The molecule has 0 bridgehead atoms. The number of benzene rings is 3. The van der Waals surface area contributed by atoms with Crippen molar-refractivity contribution in [3.63, 3.8) is 0 Å². The molecule has 43 heavy (non-hydrogen) atoms. The van der Waals surface area contributed by atoms with Crippen molar-refractivity contribution >= 4 is 25.2 Å². The minimum atomic E-state index is -2.35. The maximum absolute atomic E-state index is 12.2. The van der Waals surface area contributed by atoms with Gasteiger partial charge in [0.05, 0.1) is 50.8 Å². The number of carboxylic acid groups (broad SMARTS) is 1. The van der Waals surface area contributed by atoms with Gasteiger partial charge >= 0.3 is 5.97 Å². The Hall–Kier alpha value is -3.66. The maximum atomic E-state index is 12.2. The fourth-order valence-electron chi connectivity index (χ4n) is 4.96. The number of hydrogen-bond donors (Lipinski definition) is 1. The lowest BCUT2D eigenvalue weighted by Gasteiger charge is -2.41. The molecule has 8 nitrogen and oxygen atoms in total. The Morgan fingerprint density at radius 1 is 1.00 bits per heavy atom. The van der Waals surface area contributed by atoms with Gasteiger partial charge in [0.2, 0.25) is 0 Å². The van der Waals surface area contributed by atoms with Crippen LogP contribution in [0.3, 0.4) is 0 Å². The van der Waals surface area contributed by atoms with Crippen LogP contribution in [0.25, 0.3) is 10.9 Å². The summed E-state index contributed by atoms with van der Waals surface area (Å²) in [5.74, 6) is 0.383. The Morgan fingerprint density at radius 2 is 1.65 bits per heavy atom. The monoisotopic (exact) mass is 604 g/mol. The van der Waals surface area contributed by atoms with E-state index in [2.05, 4.69) is 51.1 Å². The van der Waals surface area contributed by atoms with Gasteiger partial charge in [0.1, 0.15) is 17.6 Å². The smallest absolute Gasteiger partial charge is 0.337 e. The van der Waals surface area contributed by atoms with Crippen LogP contribution in [0.5, 0.6) is 11.5 Å². The topological polar surface area (TPSA) is 92.0 Å². The number of carboxylic acids is 1. The fraction of sp³-hybridized carbons (Fsp3) is 0.412. The average Bonchev–Trinajstić information content (AvgIpc) is 3.38. The van der Waals surface area contributed by atoms with Crippen molar-refractivity contribution in [2.24, 2.45) is 0 Å². The summed E-state index contributed by atoms with van der Waals surface area (Å²) in [6.07, 6.45) is 1.38. The number of aromatic nitrogens is 2. The molecule has 0 amide bonds. The molecule has 0 aliphatic heterocycles. The second-order valence-electron chi connectivity index (χ2n) is 12.4. The van der Waals surface area contributed by atoms with Gasteiger partial charge < -0.3 is 23.7 Å². The molecule has 2 atom stereocenters. The fourth-order valence-corrected chi connectivity index (χ4v) is 6.23. The van der Waals surface area contributed by atoms with E-state index in [1.807, 2.05) is 43.3 Å². The summed E-state index contributed by atoms with van der Waals surface area (Å²) in [6.45, 7) is 13.7. The van der Waals surface area contributed by atoms with Crippen molar-refractivity contribution in [1.82, 2.24) is 9.78 Å². The Morgan fingerprint density at radius 3 is 2.23 bits per heavy atom. The predicted octanol–water partition coefficient (Wildman–Crippen LogP) is 7.45. The molecule has 0 radical (unpaired) electrons. The van der Waals surface area contributed by atoms with Gasteiger partial charge in [-0.3, -0.25) is 4.68 Å². The normalized spacial score (nSPS) is 13.6. The summed E-state index contributed by atoms with van der Waals surface area (Å²) in [4.78, 5) is 12.2. The second kappa shape index (κ2) is 13.3. The van der Waals surface area contributed by atoms with E-state index in [0.29, 0.717) is 30.0 Å². The van der Waals surface area contributed by atoms with Crippen molar-refractivity contribution in [2.45, 2.75) is 71.0 Å². The zero-order valence-corrected chi connectivity index (χ0v) is 27.5. The molecular formula is C34H44N2O6Si. The number of rotatable bonds is 13. The highest BCUT2D eigenvalue weighted by Crippen LogP contribution is 2.43. The summed E-state index contributed by atoms with van der Waals surface area (Å²) in [5, 5.41) is 15.3. The molecule has 2 unspecified atom stereocenters. The lowest BCUT2D eigenvalue weighted by molar-refractivity contribution is -0.0416. The van der Waals surface area contributed by atoms with Crippen LogP contribution in [-0.4, -0.2) is 56.1 Å². The number of methoxy groups -OCH3 is 2. The van der Waals surface area contributed by atoms with E-state index in [0.717, 1.165) is 16.5 Å². The standard InChI is InChI=1S/C34H44N2O6Si/c1-23-28(39-5)19-26(20-29(23)40-6)32(42-43(7,8)34(2,3)4)30(41-18-17-24-13-10-9-11-14-24)22-36-31-25(21-35-36)15-12-16-27(31)33(37)38/h9-16,19-21,30,32H,17-18,22H2,1-8H3,(H,37,38). The number of ether oxygens (including phenoxy) is 3. The third-order valence-corrected chi connectivity index (χ3v) is 12.9. The van der Waals surface area contributed by atoms with Crippen molar-refractivity contribution in [2.75, 3.05) is 20.8 Å². The second-order valence-corrected chi connectivity index (χ2v) is 17.1. The van der Waals surface area contributed by atoms with Crippen molar-refractivity contribution < 1.29 is 28.5 Å². The van der Waals surface area contributed by atoms with E-state index in [1.54, 1.807) is 37.2 Å². The van der Waals surface area contributed by atoms with E-state index in [4.69, 9.17) is 18.6 Å². The van der Waals surface area contributed by atoms with Crippen LogP contribution >= 0.6 is 0 Å². The van der Waals surface area contributed by atoms with Crippen LogP contribution in [0, 0.1) is 6.92 Å². The van der Waals surface area contributed by atoms with E-state index < -0.39 is 26.5 Å². The van der Waals surface area contributed by atoms with Gasteiger partial charge in [-0.1, -0.05) is 63.2 Å². The van der Waals surface area contributed by atoms with Gasteiger partial charge in [-0.15, -0.1) is 0 Å². The number of para-hydroxylation sites is 1. The number of fused-ring (bicyclic) bond motifs is 1. The molecule has 0 saturated heterocycles. The van der Waals surface area contributed by atoms with E-state index in [9.17, 15) is 9.90 Å². The molecule has 9 heteroatoms. The molecule has 4 aromatic rings. The predicted molar refractivity (Wildman–Crippen MR) is 172 cm³/mol. The third-order valence-electron chi connectivity index (χ3n) is 8.48. The zero-order chi connectivity index (χ0) is 31.4. The van der Waals surface area contributed by atoms with Crippen LogP contribution in [0.4, 0.5) is 0 Å². The summed E-state index contributed by atoms with van der Waals surface area (Å²) in [7, 11) is 0.936. The average molecular weight is 605 g/mol. The molecule has 1 heterocycles. The molecule has 0 aliphatic rings. The summed E-state index contributed by atoms with van der Waals surface area (Å²) >= 11 is 0. The molecule has 1 aromatic heterocycles. The maximum Gasteiger partial charge on any atom is 0.337 e. The van der Waals surface area contributed by atoms with E-state index in [1.165, 1.54) is 5.56 Å². The molecule has 0 fully saturated rings. The first-order chi connectivity index (χ1) is 20.4. The molecule has 0 saturated carbocycles. The van der Waals surface area contributed by atoms with Gasteiger partial charge in [0.15, 0.2) is 8.32 Å². The van der Waals surface area contributed by atoms with Crippen molar-refractivity contribution in [3.8, 4) is 11.5 Å². The summed E-state index contributed by atoms with van der Waals surface area (Å²) in [6, 6.07) is 19.4. The number of nitrogens with zero attached hydrogens (tertiary/aromatic N) is 2. The Labute approximate surface area is 255 Å². The molecule has 3 aromatic carbocycles. The van der Waals surface area contributed by atoms with Gasteiger partial charge in [0, 0.05) is 10.9 Å². The Balaban J connectivity index is 1.84. The van der Waals surface area contributed by atoms with Gasteiger partial charge in [0.25, 0.3) is 0 Å². The number of aromatic carboxylic acids is 1. The van der Waals surface area contributed by atoms with Crippen molar-refractivity contribution in [3.05, 3.63) is 89.1 Å². The first-order valence-electron chi connectivity index (χ1n) is 14.6. The summed E-state index contributed by atoms with van der Waals surface area (Å²) in [5.41, 5.74) is 3.67. The lowest BCUT2D eigenvalue weighted by atomic mass is 10.0. The van der Waals surface area contributed by atoms with Gasteiger partial charge in [-0.05, 0) is 60.8 Å². The van der Waals surface area contributed by atoms with Gasteiger partial charge in [-0.2, -0.15) is 5.10 Å². The first kappa shape index (κ1) is 32.3. The quantitative estimate of drug-likeness (QED) is 0.159. The minimum Gasteiger partial charge on any atom is -0.496 e. The Bertz CT molecular complexity index is 1520. The van der Waals surface area contributed by atoms with Crippen LogP contribution in [0.2, 0.25) is 18.1 Å². The van der Waals surface area contributed by atoms with Crippen LogP contribution in [-0.2, 0) is 22.1 Å². The molecule has 230 valence electrons.